The van der Waals surface area contributed by atoms with Crippen LogP contribution in [0.2, 0.25) is 10.0 Å². The molecule has 21 heavy (non-hydrogen) atoms. The second kappa shape index (κ2) is 7.30. The molecule has 0 bridgehead atoms. The van der Waals surface area contributed by atoms with Gasteiger partial charge in [-0.2, -0.15) is 5.10 Å². The van der Waals surface area contributed by atoms with Gasteiger partial charge in [-0.15, -0.1) is 0 Å². The summed E-state index contributed by atoms with van der Waals surface area (Å²) in [5.74, 6) is 0. The number of benzene rings is 1. The molecule has 0 aliphatic rings. The second-order valence-electron chi connectivity index (χ2n) is 5.31. The minimum atomic E-state index is -0.553. The molecule has 2 aromatic rings. The molecule has 0 spiro atoms. The third kappa shape index (κ3) is 4.22. The summed E-state index contributed by atoms with van der Waals surface area (Å²) in [4.78, 5) is 0. The third-order valence-electron chi connectivity index (χ3n) is 3.65. The van der Waals surface area contributed by atoms with Gasteiger partial charge in [0, 0.05) is 35.1 Å². The summed E-state index contributed by atoms with van der Waals surface area (Å²) in [5, 5.41) is 15.9. The largest absolute Gasteiger partial charge is 0.392 e. The number of aliphatic hydroxyl groups is 1. The fourth-order valence-electron chi connectivity index (χ4n) is 2.20. The van der Waals surface area contributed by atoms with E-state index in [2.05, 4.69) is 18.9 Å². The number of hydrogen-bond acceptors (Lipinski definition) is 2. The van der Waals surface area contributed by atoms with Gasteiger partial charge in [0.1, 0.15) is 0 Å². The van der Waals surface area contributed by atoms with Crippen LogP contribution in [-0.4, -0.2) is 21.0 Å². The van der Waals surface area contributed by atoms with E-state index >= 15 is 0 Å². The number of hydrogen-bond donors (Lipinski definition) is 1. The van der Waals surface area contributed by atoms with Crippen LogP contribution in [0.4, 0.5) is 0 Å². The molecule has 0 fully saturated rings. The first-order valence-electron chi connectivity index (χ1n) is 7.16. The van der Waals surface area contributed by atoms with E-state index < -0.39 is 6.10 Å². The summed E-state index contributed by atoms with van der Waals surface area (Å²) in [5.41, 5.74) is 1.67. The van der Waals surface area contributed by atoms with E-state index in [0.29, 0.717) is 28.9 Å². The van der Waals surface area contributed by atoms with Gasteiger partial charge >= 0.3 is 0 Å². The van der Waals surface area contributed by atoms with Gasteiger partial charge in [0.2, 0.25) is 0 Å². The van der Waals surface area contributed by atoms with Crippen LogP contribution in [0.25, 0.3) is 0 Å². The fraction of sp³-hybridized carbons (Fsp3) is 0.438. The Balaban J connectivity index is 2.02. The highest BCUT2D eigenvalue weighted by atomic mass is 35.5. The van der Waals surface area contributed by atoms with Crippen LogP contribution in [0.1, 0.15) is 37.6 Å². The summed E-state index contributed by atoms with van der Waals surface area (Å²) in [6.45, 7) is 4.25. The molecule has 0 aliphatic heterocycles. The third-order valence-corrected chi connectivity index (χ3v) is 4.36. The number of halogens is 2. The predicted molar refractivity (Wildman–Crippen MR) is 87.1 cm³/mol. The summed E-state index contributed by atoms with van der Waals surface area (Å²) >= 11 is 12.3. The Morgan fingerprint density at radius 3 is 2.48 bits per heavy atom. The van der Waals surface area contributed by atoms with Crippen LogP contribution in [0.3, 0.4) is 0 Å². The van der Waals surface area contributed by atoms with Gasteiger partial charge < -0.3 is 5.11 Å². The maximum absolute atomic E-state index is 10.2. The maximum atomic E-state index is 10.2. The highest BCUT2D eigenvalue weighted by molar-refractivity contribution is 6.35. The first-order chi connectivity index (χ1) is 10.0. The van der Waals surface area contributed by atoms with Gasteiger partial charge in [-0.1, -0.05) is 36.2 Å². The molecule has 1 aromatic heterocycles. The molecule has 1 N–H and O–H groups in total. The lowest BCUT2D eigenvalue weighted by molar-refractivity contribution is 0.174. The highest BCUT2D eigenvalue weighted by Crippen LogP contribution is 2.26. The molecule has 0 amide bonds. The molecule has 0 aliphatic carbocycles. The maximum Gasteiger partial charge on any atom is 0.0650 e. The molecule has 1 heterocycles. The van der Waals surface area contributed by atoms with Crippen molar-refractivity contribution in [1.29, 1.82) is 0 Å². The van der Waals surface area contributed by atoms with Gasteiger partial charge in [-0.25, -0.2) is 0 Å². The van der Waals surface area contributed by atoms with Gasteiger partial charge in [-0.3, -0.25) is 4.68 Å². The molecule has 1 aromatic carbocycles. The van der Waals surface area contributed by atoms with Gasteiger partial charge in [0.25, 0.3) is 0 Å². The van der Waals surface area contributed by atoms with Gasteiger partial charge in [0.15, 0.2) is 0 Å². The molecular formula is C16H20Cl2N2O. The summed E-state index contributed by atoms with van der Waals surface area (Å²) in [6.07, 6.45) is 3.35. The molecule has 3 nitrogen and oxygen atoms in total. The number of nitrogens with zero attached hydrogens (tertiary/aromatic N) is 2. The van der Waals surface area contributed by atoms with Crippen LogP contribution in [0.15, 0.2) is 30.5 Å². The Kier molecular flexibility index (Phi) is 5.68. The van der Waals surface area contributed by atoms with E-state index in [-0.39, 0.29) is 0 Å². The van der Waals surface area contributed by atoms with Crippen molar-refractivity contribution in [2.24, 2.45) is 0 Å². The van der Waals surface area contributed by atoms with Crippen LogP contribution in [-0.2, 0) is 12.8 Å². The molecule has 114 valence electrons. The van der Waals surface area contributed by atoms with Crippen molar-refractivity contribution in [3.63, 3.8) is 0 Å². The zero-order valence-electron chi connectivity index (χ0n) is 12.3. The topological polar surface area (TPSA) is 38.0 Å². The summed E-state index contributed by atoms with van der Waals surface area (Å²) < 4.78 is 1.94. The molecule has 2 atom stereocenters. The lowest BCUT2D eigenvalue weighted by Crippen LogP contribution is -2.15. The van der Waals surface area contributed by atoms with Crippen molar-refractivity contribution in [1.82, 2.24) is 9.78 Å². The second-order valence-corrected chi connectivity index (χ2v) is 6.12. The molecule has 0 saturated carbocycles. The molecule has 2 unspecified atom stereocenters. The van der Waals surface area contributed by atoms with Crippen molar-refractivity contribution < 1.29 is 5.11 Å². The fourth-order valence-corrected chi connectivity index (χ4v) is 2.75. The Hall–Kier alpha value is -1.03. The van der Waals surface area contributed by atoms with Crippen molar-refractivity contribution in [2.75, 3.05) is 0 Å². The highest BCUT2D eigenvalue weighted by Gasteiger charge is 2.14. The van der Waals surface area contributed by atoms with Crippen molar-refractivity contribution in [2.45, 2.75) is 45.3 Å². The minimum absolute atomic E-state index is 0.369. The lowest BCUT2D eigenvalue weighted by Gasteiger charge is -2.12. The van der Waals surface area contributed by atoms with Crippen LogP contribution in [0, 0.1) is 0 Å². The first kappa shape index (κ1) is 16.3. The quantitative estimate of drug-likeness (QED) is 0.859. The van der Waals surface area contributed by atoms with E-state index in [1.807, 2.05) is 16.9 Å². The van der Waals surface area contributed by atoms with Gasteiger partial charge in [-0.05, 0) is 37.1 Å². The van der Waals surface area contributed by atoms with Gasteiger partial charge in [0.05, 0.1) is 11.8 Å². The molecular weight excluding hydrogens is 307 g/mol. The van der Waals surface area contributed by atoms with Crippen LogP contribution >= 0.6 is 23.2 Å². The molecule has 5 heteroatoms. The minimum Gasteiger partial charge on any atom is -0.392 e. The normalized spacial score (nSPS) is 14.1. The Bertz CT molecular complexity index is 577. The van der Waals surface area contributed by atoms with E-state index in [0.717, 1.165) is 17.7 Å². The molecule has 0 radical (unpaired) electrons. The molecule has 0 saturated heterocycles. The van der Waals surface area contributed by atoms with E-state index in [9.17, 15) is 5.11 Å². The monoisotopic (exact) mass is 326 g/mol. The van der Waals surface area contributed by atoms with Crippen molar-refractivity contribution >= 4 is 23.2 Å². The van der Waals surface area contributed by atoms with E-state index in [1.54, 1.807) is 18.2 Å². The number of aromatic nitrogens is 2. The van der Waals surface area contributed by atoms with E-state index in [4.69, 9.17) is 23.2 Å². The lowest BCUT2D eigenvalue weighted by atomic mass is 10.0. The van der Waals surface area contributed by atoms with Crippen LogP contribution in [0.5, 0.6) is 0 Å². The standard InChI is InChI=1S/C16H20Cl2N2O/c1-3-11(2)20-8-7-12(19-20)9-13(21)10-14-15(17)5-4-6-16(14)18/h4-8,11,13,21H,3,9-10H2,1-2H3. The smallest absolute Gasteiger partial charge is 0.0650 e. The van der Waals surface area contributed by atoms with Crippen LogP contribution < -0.4 is 0 Å². The number of aliphatic hydroxyl groups excluding tert-OH is 1. The molecule has 2 rings (SSSR count). The first-order valence-corrected chi connectivity index (χ1v) is 7.91. The average molecular weight is 327 g/mol. The average Bonchev–Trinajstić information content (AvgIpc) is 2.90. The zero-order valence-corrected chi connectivity index (χ0v) is 13.8. The van der Waals surface area contributed by atoms with Crippen molar-refractivity contribution in [3.05, 3.63) is 51.8 Å². The Morgan fingerprint density at radius 1 is 1.19 bits per heavy atom. The summed E-state index contributed by atoms with van der Waals surface area (Å²) in [7, 11) is 0. The SMILES string of the molecule is CCC(C)n1ccc(CC(O)Cc2c(Cl)cccc2Cl)n1. The zero-order chi connectivity index (χ0) is 15.4. The van der Waals surface area contributed by atoms with Crippen molar-refractivity contribution in [3.8, 4) is 0 Å². The van der Waals surface area contributed by atoms with E-state index in [1.165, 1.54) is 0 Å². The number of rotatable bonds is 6. The summed E-state index contributed by atoms with van der Waals surface area (Å²) in [6, 6.07) is 7.69. The Labute approximate surface area is 135 Å². The predicted octanol–water partition coefficient (Wildman–Crippen LogP) is 4.31. The Morgan fingerprint density at radius 2 is 1.86 bits per heavy atom.